The Kier molecular flexibility index (Phi) is 8.66. The van der Waals surface area contributed by atoms with Crippen molar-refractivity contribution in [2.24, 2.45) is 10.2 Å². The molecule has 130 valence electrons. The normalized spacial score (nSPS) is 11.5. The molecule has 24 heavy (non-hydrogen) atoms. The van der Waals surface area contributed by atoms with Gasteiger partial charge in [-0.25, -0.2) is 0 Å². The summed E-state index contributed by atoms with van der Waals surface area (Å²) in [7, 11) is 3.43. The number of nitrogens with zero attached hydrogens (tertiary/aromatic N) is 2. The van der Waals surface area contributed by atoms with E-state index in [2.05, 4.69) is 31.7 Å². The fraction of sp³-hybridized carbons (Fsp3) is 0.333. The molecule has 0 unspecified atom stereocenters. The molecular weight excluding hydrogens is 344 g/mol. The fourth-order valence-electron chi connectivity index (χ4n) is 1.64. The first-order valence-electron chi connectivity index (χ1n) is 7.32. The van der Waals surface area contributed by atoms with Crippen molar-refractivity contribution in [3.63, 3.8) is 0 Å². The van der Waals surface area contributed by atoms with Crippen LogP contribution in [0.3, 0.4) is 0 Å². The Morgan fingerprint density at radius 3 is 2.04 bits per heavy atom. The molecule has 0 atom stereocenters. The highest BCUT2D eigenvalue weighted by Crippen LogP contribution is 2.13. The third-order valence-corrected chi connectivity index (χ3v) is 3.42. The Morgan fingerprint density at radius 2 is 1.54 bits per heavy atom. The van der Waals surface area contributed by atoms with E-state index in [1.54, 1.807) is 14.1 Å². The molecule has 0 bridgehead atoms. The average Bonchev–Trinajstić information content (AvgIpc) is 2.61. The summed E-state index contributed by atoms with van der Waals surface area (Å²) in [4.78, 5) is 0. The van der Waals surface area contributed by atoms with Gasteiger partial charge in [-0.1, -0.05) is 0 Å². The summed E-state index contributed by atoms with van der Waals surface area (Å²) < 4.78 is 5.46. The van der Waals surface area contributed by atoms with Crippen LogP contribution >= 0.6 is 24.4 Å². The Labute approximate surface area is 152 Å². The molecule has 0 aliphatic rings. The third-order valence-electron chi connectivity index (χ3n) is 2.83. The molecule has 1 rings (SSSR count). The molecule has 1 aromatic carbocycles. The van der Waals surface area contributed by atoms with Crippen LogP contribution in [-0.4, -0.2) is 42.4 Å². The van der Waals surface area contributed by atoms with Crippen LogP contribution in [0, 0.1) is 0 Å². The highest BCUT2D eigenvalue weighted by molar-refractivity contribution is 7.80. The first-order valence-corrected chi connectivity index (χ1v) is 8.14. The molecule has 7 nitrogen and oxygen atoms in total. The van der Waals surface area contributed by atoms with Gasteiger partial charge in [0.05, 0.1) is 12.3 Å². The van der Waals surface area contributed by atoms with Crippen molar-refractivity contribution >= 4 is 46.1 Å². The van der Waals surface area contributed by atoms with Crippen molar-refractivity contribution in [2.45, 2.75) is 13.8 Å². The minimum atomic E-state index is 0.407. The lowest BCUT2D eigenvalue weighted by Gasteiger charge is -2.10. The third kappa shape index (κ3) is 6.47. The smallest absolute Gasteiger partial charge is 0.186 e. The lowest BCUT2D eigenvalue weighted by Crippen LogP contribution is -2.32. The molecule has 0 heterocycles. The van der Waals surface area contributed by atoms with Crippen molar-refractivity contribution in [3.8, 4) is 5.75 Å². The SMILES string of the molecule is CCOc1ccc(C(=N\NC(=S)NC)/C(C)=N/NC(=S)NC)cc1. The van der Waals surface area contributed by atoms with Crippen LogP contribution < -0.4 is 26.2 Å². The van der Waals surface area contributed by atoms with Gasteiger partial charge in [-0.3, -0.25) is 10.9 Å². The second kappa shape index (κ2) is 10.5. The maximum absolute atomic E-state index is 5.46. The maximum Gasteiger partial charge on any atom is 0.186 e. The summed E-state index contributed by atoms with van der Waals surface area (Å²) in [5.74, 6) is 0.795. The molecular formula is C15H22N6OS2. The topological polar surface area (TPSA) is 82.1 Å². The van der Waals surface area contributed by atoms with E-state index in [0.29, 0.717) is 28.3 Å². The largest absolute Gasteiger partial charge is 0.494 e. The minimum Gasteiger partial charge on any atom is -0.494 e. The van der Waals surface area contributed by atoms with Gasteiger partial charge in [0.25, 0.3) is 0 Å². The fourth-order valence-corrected chi connectivity index (χ4v) is 1.73. The van der Waals surface area contributed by atoms with Gasteiger partial charge in [-0.15, -0.1) is 0 Å². The van der Waals surface area contributed by atoms with Gasteiger partial charge in [0.15, 0.2) is 10.2 Å². The van der Waals surface area contributed by atoms with Crippen molar-refractivity contribution in [3.05, 3.63) is 29.8 Å². The molecule has 0 saturated carbocycles. The highest BCUT2D eigenvalue weighted by atomic mass is 32.1. The maximum atomic E-state index is 5.46. The molecule has 1 aromatic rings. The number of hydrogen-bond acceptors (Lipinski definition) is 5. The second-order valence-electron chi connectivity index (χ2n) is 4.50. The summed E-state index contributed by atoms with van der Waals surface area (Å²) in [6.07, 6.45) is 0. The lowest BCUT2D eigenvalue weighted by atomic mass is 10.1. The van der Waals surface area contributed by atoms with Gasteiger partial charge in [-0.2, -0.15) is 10.2 Å². The van der Waals surface area contributed by atoms with E-state index in [9.17, 15) is 0 Å². The molecule has 0 saturated heterocycles. The van der Waals surface area contributed by atoms with Crippen molar-refractivity contribution in [1.82, 2.24) is 21.5 Å². The molecule has 4 N–H and O–H groups in total. The summed E-state index contributed by atoms with van der Waals surface area (Å²) in [5, 5.41) is 15.0. The Morgan fingerprint density at radius 1 is 1.00 bits per heavy atom. The molecule has 0 spiro atoms. The zero-order valence-electron chi connectivity index (χ0n) is 14.1. The van der Waals surface area contributed by atoms with Gasteiger partial charge in [0, 0.05) is 19.7 Å². The predicted molar refractivity (Wildman–Crippen MR) is 107 cm³/mol. The molecule has 0 radical (unpaired) electrons. The van der Waals surface area contributed by atoms with Crippen molar-refractivity contribution in [2.75, 3.05) is 20.7 Å². The van der Waals surface area contributed by atoms with Gasteiger partial charge >= 0.3 is 0 Å². The zero-order valence-corrected chi connectivity index (χ0v) is 15.8. The summed E-state index contributed by atoms with van der Waals surface area (Å²) >= 11 is 10.1. The van der Waals surface area contributed by atoms with Crippen molar-refractivity contribution in [1.29, 1.82) is 0 Å². The standard InChI is InChI=1S/C15H22N6OS2/c1-5-22-12-8-6-11(7-9-12)13(19-21-15(24)17-4)10(2)18-20-14(23)16-3/h6-9H,5H2,1-4H3,(H2,16,20,23)(H2,17,21,24)/b18-10+,19-13-. The number of nitrogens with one attached hydrogen (secondary N) is 4. The highest BCUT2D eigenvalue weighted by Gasteiger charge is 2.09. The molecule has 0 amide bonds. The number of rotatable bonds is 6. The molecule has 0 aromatic heterocycles. The number of thiocarbonyl (C=S) groups is 2. The molecule has 0 aliphatic heterocycles. The van der Waals surface area contributed by atoms with E-state index in [1.165, 1.54) is 0 Å². The van der Waals surface area contributed by atoms with E-state index in [4.69, 9.17) is 29.2 Å². The van der Waals surface area contributed by atoms with Gasteiger partial charge in [0.2, 0.25) is 0 Å². The van der Waals surface area contributed by atoms with Crippen molar-refractivity contribution < 1.29 is 4.74 Å². The van der Waals surface area contributed by atoms with E-state index < -0.39 is 0 Å². The monoisotopic (exact) mass is 366 g/mol. The van der Waals surface area contributed by atoms with Gasteiger partial charge < -0.3 is 15.4 Å². The van der Waals surface area contributed by atoms with Crippen LogP contribution in [-0.2, 0) is 0 Å². The van der Waals surface area contributed by atoms with E-state index in [-0.39, 0.29) is 0 Å². The molecule has 0 aliphatic carbocycles. The van der Waals surface area contributed by atoms with Crippen LogP contribution in [0.4, 0.5) is 0 Å². The first-order chi connectivity index (χ1) is 11.5. The van der Waals surface area contributed by atoms with Crippen LogP contribution in [0.1, 0.15) is 19.4 Å². The van der Waals surface area contributed by atoms with Crippen LogP contribution in [0.25, 0.3) is 0 Å². The van der Waals surface area contributed by atoms with E-state index >= 15 is 0 Å². The first kappa shape index (κ1) is 19.8. The van der Waals surface area contributed by atoms with Gasteiger partial charge in [-0.05, 0) is 62.5 Å². The van der Waals surface area contributed by atoms with E-state index in [0.717, 1.165) is 11.3 Å². The Hall–Kier alpha value is -2.26. The number of hydrazone groups is 2. The number of ether oxygens (including phenoxy) is 1. The zero-order chi connectivity index (χ0) is 17.9. The minimum absolute atomic E-state index is 0.407. The average molecular weight is 367 g/mol. The van der Waals surface area contributed by atoms with Gasteiger partial charge in [0.1, 0.15) is 11.5 Å². The number of hydrogen-bond donors (Lipinski definition) is 4. The molecule has 0 fully saturated rings. The van der Waals surface area contributed by atoms with Crippen LogP contribution in [0.5, 0.6) is 5.75 Å². The molecule has 9 heteroatoms. The summed E-state index contributed by atoms with van der Waals surface area (Å²) in [6.45, 7) is 4.38. The summed E-state index contributed by atoms with van der Waals surface area (Å²) in [6, 6.07) is 7.57. The Bertz CT molecular complexity index is 627. The van der Waals surface area contributed by atoms with E-state index in [1.807, 2.05) is 38.1 Å². The predicted octanol–water partition coefficient (Wildman–Crippen LogP) is 1.35. The second-order valence-corrected chi connectivity index (χ2v) is 5.31. The van der Waals surface area contributed by atoms with Crippen LogP contribution in [0.15, 0.2) is 34.5 Å². The Balaban J connectivity index is 3.08. The quantitative estimate of drug-likeness (QED) is 0.344. The number of benzene rings is 1. The summed E-state index contributed by atoms with van der Waals surface area (Å²) in [5.41, 5.74) is 7.65. The van der Waals surface area contributed by atoms with Crippen LogP contribution in [0.2, 0.25) is 0 Å². The lowest BCUT2D eigenvalue weighted by molar-refractivity contribution is 0.340.